The number of urea groups is 1. The number of carbonyl (C=O) groups is 4. The number of pyridine rings is 1. The van der Waals surface area contributed by atoms with Gasteiger partial charge in [-0.2, -0.15) is 0 Å². The zero-order chi connectivity index (χ0) is 28.6. The second kappa shape index (κ2) is 13.1. The van der Waals surface area contributed by atoms with E-state index in [0.29, 0.717) is 50.4 Å². The van der Waals surface area contributed by atoms with E-state index in [9.17, 15) is 24.3 Å². The average Bonchev–Trinajstić information content (AvgIpc) is 2.88. The van der Waals surface area contributed by atoms with Gasteiger partial charge in [0.05, 0.1) is 23.8 Å². The van der Waals surface area contributed by atoms with Crippen molar-refractivity contribution < 1.29 is 24.3 Å². The zero-order valence-electron chi connectivity index (χ0n) is 23.0. The third-order valence-electron chi connectivity index (χ3n) is 6.27. The van der Waals surface area contributed by atoms with Crippen LogP contribution >= 0.6 is 0 Å². The van der Waals surface area contributed by atoms with Crippen LogP contribution in [0.4, 0.5) is 16.2 Å². The van der Waals surface area contributed by atoms with E-state index in [1.165, 1.54) is 6.20 Å². The maximum absolute atomic E-state index is 13.2. The molecule has 0 radical (unpaired) electrons. The van der Waals surface area contributed by atoms with E-state index in [-0.39, 0.29) is 23.3 Å². The number of nitrogens with one attached hydrogen (secondary N) is 3. The van der Waals surface area contributed by atoms with E-state index in [2.05, 4.69) is 25.8 Å². The van der Waals surface area contributed by atoms with Crippen LogP contribution in [0, 0.1) is 5.41 Å². The molecule has 0 aliphatic carbocycles. The van der Waals surface area contributed by atoms with Crippen molar-refractivity contribution in [3.05, 3.63) is 53.9 Å². The number of amides is 4. The number of carbonyl (C=O) groups excluding carboxylic acids is 3. The van der Waals surface area contributed by atoms with Gasteiger partial charge in [-0.15, -0.1) is 0 Å². The Balaban J connectivity index is 1.80. The molecule has 1 fully saturated rings. The monoisotopic (exact) mass is 538 g/mol. The number of aromatic nitrogens is 1. The molecule has 11 heteroatoms. The van der Waals surface area contributed by atoms with Crippen molar-refractivity contribution in [2.75, 3.05) is 42.9 Å². The van der Waals surface area contributed by atoms with E-state index >= 15 is 0 Å². The average molecular weight is 539 g/mol. The highest BCUT2D eigenvalue weighted by atomic mass is 16.4. The molecule has 4 N–H and O–H groups in total. The number of rotatable bonds is 9. The van der Waals surface area contributed by atoms with Gasteiger partial charge >= 0.3 is 12.0 Å². The van der Waals surface area contributed by atoms with Crippen molar-refractivity contribution in [2.45, 2.75) is 46.6 Å². The highest BCUT2D eigenvalue weighted by Gasteiger charge is 2.27. The molecule has 3 rings (SSSR count). The van der Waals surface area contributed by atoms with E-state index in [0.717, 1.165) is 5.69 Å². The van der Waals surface area contributed by atoms with Crippen LogP contribution in [0.3, 0.4) is 0 Å². The highest BCUT2D eigenvalue weighted by molar-refractivity contribution is 6.00. The largest absolute Gasteiger partial charge is 0.481 e. The lowest BCUT2D eigenvalue weighted by molar-refractivity contribution is -0.137. The third-order valence-corrected chi connectivity index (χ3v) is 6.27. The van der Waals surface area contributed by atoms with Crippen LogP contribution in [-0.2, 0) is 9.59 Å². The van der Waals surface area contributed by atoms with Gasteiger partial charge in [-0.3, -0.25) is 19.4 Å². The SMILES string of the molecule is CCNC(=O)Nc1cc(C(=O)NC(CC(=O)O)c2cccnc2)ccc1N1CCN(C(=O)CC(C)(C)C)CC1. The standard InChI is InChI=1S/C28H38N6O5/c1-5-30-27(39)32-22-15-19(26(38)31-21(16-25(36)37)20-7-6-10-29-18-20)8-9-23(22)33-11-13-34(14-12-33)24(35)17-28(2,3)4/h6-10,15,18,21H,5,11-14,16-17H2,1-4H3,(H,31,38)(H,36,37)(H2,30,32,39). The predicted octanol–water partition coefficient (Wildman–Crippen LogP) is 3.25. The van der Waals surface area contributed by atoms with Crippen molar-refractivity contribution in [3.8, 4) is 0 Å². The maximum Gasteiger partial charge on any atom is 0.319 e. The van der Waals surface area contributed by atoms with E-state index in [1.54, 1.807) is 43.5 Å². The first kappa shape index (κ1) is 29.4. The first-order valence-electron chi connectivity index (χ1n) is 13.1. The molecule has 4 amide bonds. The number of hydrogen-bond acceptors (Lipinski definition) is 6. The van der Waals surface area contributed by atoms with E-state index in [4.69, 9.17) is 0 Å². The Labute approximate surface area is 229 Å². The van der Waals surface area contributed by atoms with Crippen LogP contribution in [0.2, 0.25) is 0 Å². The molecule has 210 valence electrons. The van der Waals surface area contributed by atoms with Crippen molar-refractivity contribution >= 4 is 35.2 Å². The maximum atomic E-state index is 13.2. The van der Waals surface area contributed by atoms with Gasteiger partial charge in [-0.05, 0) is 42.2 Å². The number of carboxylic acid groups (broad SMARTS) is 1. The minimum Gasteiger partial charge on any atom is -0.481 e. The second-order valence-electron chi connectivity index (χ2n) is 10.7. The Kier molecular flexibility index (Phi) is 9.86. The molecule has 1 aromatic heterocycles. The smallest absolute Gasteiger partial charge is 0.319 e. The lowest BCUT2D eigenvalue weighted by Gasteiger charge is -2.38. The van der Waals surface area contributed by atoms with Gasteiger partial charge < -0.3 is 30.9 Å². The predicted molar refractivity (Wildman–Crippen MR) is 149 cm³/mol. The first-order valence-corrected chi connectivity index (χ1v) is 13.1. The number of hydrogen-bond donors (Lipinski definition) is 4. The summed E-state index contributed by atoms with van der Waals surface area (Å²) in [5.41, 5.74) is 1.93. The quantitative estimate of drug-likeness (QED) is 0.384. The summed E-state index contributed by atoms with van der Waals surface area (Å²) < 4.78 is 0. The number of nitrogens with zero attached hydrogens (tertiary/aromatic N) is 3. The molecule has 1 aliphatic heterocycles. The molecule has 1 unspecified atom stereocenters. The summed E-state index contributed by atoms with van der Waals surface area (Å²) in [7, 11) is 0. The van der Waals surface area contributed by atoms with Gasteiger partial charge in [0, 0.05) is 57.1 Å². The summed E-state index contributed by atoms with van der Waals surface area (Å²) in [4.78, 5) is 57.7. The van der Waals surface area contributed by atoms with Crippen molar-refractivity contribution in [1.82, 2.24) is 20.5 Å². The van der Waals surface area contributed by atoms with Crippen LogP contribution < -0.4 is 20.9 Å². The molecular weight excluding hydrogens is 500 g/mol. The minimum absolute atomic E-state index is 0.0884. The molecule has 1 aliphatic rings. The Morgan fingerprint density at radius 3 is 2.38 bits per heavy atom. The topological polar surface area (TPSA) is 144 Å². The first-order chi connectivity index (χ1) is 18.5. The fraction of sp³-hybridized carbons (Fsp3) is 0.464. The number of anilines is 2. The third kappa shape index (κ3) is 8.69. The summed E-state index contributed by atoms with van der Waals surface area (Å²) in [6, 6.07) is 7.19. The molecule has 1 atom stereocenters. The summed E-state index contributed by atoms with van der Waals surface area (Å²) in [6.07, 6.45) is 3.26. The molecule has 1 saturated heterocycles. The summed E-state index contributed by atoms with van der Waals surface area (Å²) >= 11 is 0. The van der Waals surface area contributed by atoms with E-state index in [1.807, 2.05) is 25.7 Å². The molecule has 39 heavy (non-hydrogen) atoms. The Bertz CT molecular complexity index is 1170. The molecular formula is C28H38N6O5. The zero-order valence-corrected chi connectivity index (χ0v) is 23.0. The lowest BCUT2D eigenvalue weighted by atomic mass is 9.91. The number of aliphatic carboxylic acids is 1. The molecule has 2 heterocycles. The Hall–Kier alpha value is -4.15. The molecule has 0 saturated carbocycles. The fourth-order valence-corrected chi connectivity index (χ4v) is 4.39. The summed E-state index contributed by atoms with van der Waals surface area (Å²) in [5.74, 6) is -1.41. The number of piperazine rings is 1. The second-order valence-corrected chi connectivity index (χ2v) is 10.7. The van der Waals surface area contributed by atoms with Gasteiger partial charge in [0.1, 0.15) is 0 Å². The lowest BCUT2D eigenvalue weighted by Crippen LogP contribution is -2.49. The summed E-state index contributed by atoms with van der Waals surface area (Å²) in [5, 5.41) is 17.7. The Morgan fingerprint density at radius 1 is 1.08 bits per heavy atom. The minimum atomic E-state index is -1.06. The van der Waals surface area contributed by atoms with Crippen molar-refractivity contribution in [3.63, 3.8) is 0 Å². The van der Waals surface area contributed by atoms with Crippen LogP contribution in [0.5, 0.6) is 0 Å². The van der Waals surface area contributed by atoms with Gasteiger partial charge in [-0.25, -0.2) is 4.79 Å². The fourth-order valence-electron chi connectivity index (χ4n) is 4.39. The van der Waals surface area contributed by atoms with Gasteiger partial charge in [-0.1, -0.05) is 26.8 Å². The van der Waals surface area contributed by atoms with Gasteiger partial charge in [0.2, 0.25) is 5.91 Å². The normalized spacial score (nSPS) is 14.4. The molecule has 0 bridgehead atoms. The number of benzene rings is 1. The van der Waals surface area contributed by atoms with E-state index < -0.39 is 23.9 Å². The van der Waals surface area contributed by atoms with Crippen molar-refractivity contribution in [2.24, 2.45) is 5.41 Å². The molecule has 1 aromatic carbocycles. The molecule has 11 nitrogen and oxygen atoms in total. The van der Waals surface area contributed by atoms with Crippen LogP contribution in [0.25, 0.3) is 0 Å². The summed E-state index contributed by atoms with van der Waals surface area (Å²) in [6.45, 7) is 10.6. The van der Waals surface area contributed by atoms with Gasteiger partial charge in [0.15, 0.2) is 0 Å². The highest BCUT2D eigenvalue weighted by Crippen LogP contribution is 2.30. The Morgan fingerprint density at radius 2 is 1.79 bits per heavy atom. The van der Waals surface area contributed by atoms with Crippen LogP contribution in [0.1, 0.15) is 62.5 Å². The molecule has 0 spiro atoms. The van der Waals surface area contributed by atoms with Crippen LogP contribution in [-0.4, -0.2) is 71.5 Å². The van der Waals surface area contributed by atoms with Gasteiger partial charge in [0.25, 0.3) is 5.91 Å². The number of carboxylic acids is 1. The molecule has 2 aromatic rings. The van der Waals surface area contributed by atoms with Crippen LogP contribution in [0.15, 0.2) is 42.7 Å². The van der Waals surface area contributed by atoms with Crippen molar-refractivity contribution in [1.29, 1.82) is 0 Å².